The standard InChI is InChI=1S/C18H14N.C5H5.2FH.Zr/c1-13-10-16-8-4-5-9-18(16)19(13)17-11-14-6-2-3-7-15(14)12-17;1-2-4-5-3-1;;;/h2-12H,1H3;1-3H,4H2;2*1H;/q;;;;+2/p-2. The molecule has 0 aliphatic heterocycles. The summed E-state index contributed by atoms with van der Waals surface area (Å²) in [6.07, 6.45) is 10.5. The van der Waals surface area contributed by atoms with E-state index in [2.05, 4.69) is 90.4 Å². The predicted octanol–water partition coefficient (Wildman–Crippen LogP) is -0.0632. The third kappa shape index (κ3) is 3.32. The quantitative estimate of drug-likeness (QED) is 0.540. The van der Waals surface area contributed by atoms with Crippen LogP contribution in [0.5, 0.6) is 0 Å². The van der Waals surface area contributed by atoms with Crippen molar-refractivity contribution in [3.05, 3.63) is 92.9 Å². The van der Waals surface area contributed by atoms with Crippen LogP contribution in [0.4, 0.5) is 0 Å². The molecule has 27 heavy (non-hydrogen) atoms. The van der Waals surface area contributed by atoms with Gasteiger partial charge in [-0.05, 0) is 0 Å². The summed E-state index contributed by atoms with van der Waals surface area (Å²) in [6, 6.07) is 20.1. The first-order chi connectivity index (χ1) is 12.3. The van der Waals surface area contributed by atoms with Crippen LogP contribution < -0.4 is 9.41 Å². The first kappa shape index (κ1) is 19.7. The molecule has 2 aromatic carbocycles. The van der Waals surface area contributed by atoms with Crippen LogP contribution >= 0.6 is 0 Å². The second kappa shape index (κ2) is 7.90. The molecule has 5 rings (SSSR count). The van der Waals surface area contributed by atoms with E-state index in [0.717, 1.165) is 0 Å². The van der Waals surface area contributed by atoms with E-state index in [4.69, 9.17) is 0 Å². The van der Waals surface area contributed by atoms with E-state index in [1.165, 1.54) is 39.8 Å². The van der Waals surface area contributed by atoms with Crippen LogP contribution in [0.1, 0.15) is 26.9 Å². The van der Waals surface area contributed by atoms with Crippen molar-refractivity contribution in [3.8, 4) is 0 Å². The Hall–Kier alpha value is -2.06. The molecule has 3 aromatic rings. The van der Waals surface area contributed by atoms with Crippen molar-refractivity contribution in [2.24, 2.45) is 0 Å². The van der Waals surface area contributed by atoms with Gasteiger partial charge in [-0.2, -0.15) is 0 Å². The molecule has 134 valence electrons. The van der Waals surface area contributed by atoms with E-state index >= 15 is 0 Å². The van der Waals surface area contributed by atoms with Gasteiger partial charge in [0.1, 0.15) is 0 Å². The number of nitrogens with zero attached hydrogens (tertiary/aromatic N) is 1. The normalized spacial score (nSPS) is 16.9. The molecule has 2 aliphatic carbocycles. The van der Waals surface area contributed by atoms with Crippen molar-refractivity contribution in [1.82, 2.24) is 4.57 Å². The molecule has 0 amide bonds. The number of aryl methyl sites for hydroxylation is 1. The molecule has 1 aromatic heterocycles. The fourth-order valence-electron chi connectivity index (χ4n) is 4.03. The number of benzene rings is 2. The van der Waals surface area contributed by atoms with E-state index in [9.17, 15) is 0 Å². The van der Waals surface area contributed by atoms with Crippen LogP contribution in [0.3, 0.4) is 0 Å². The van der Waals surface area contributed by atoms with E-state index in [0.29, 0.717) is 3.63 Å². The average molecular weight is 439 g/mol. The Bertz CT molecular complexity index is 1070. The Morgan fingerprint density at radius 2 is 1.78 bits per heavy atom. The van der Waals surface area contributed by atoms with Crippen LogP contribution in [0.2, 0.25) is 0 Å². The Morgan fingerprint density at radius 3 is 2.59 bits per heavy atom. The molecule has 0 bridgehead atoms. The van der Waals surface area contributed by atoms with Crippen LogP contribution in [0.25, 0.3) is 22.7 Å². The number of hydrogen-bond acceptors (Lipinski definition) is 0. The topological polar surface area (TPSA) is 4.93 Å². The monoisotopic (exact) mass is 437 g/mol. The van der Waals surface area contributed by atoms with Gasteiger partial charge in [-0.15, -0.1) is 0 Å². The van der Waals surface area contributed by atoms with Gasteiger partial charge in [-0.25, -0.2) is 0 Å². The van der Waals surface area contributed by atoms with Crippen LogP contribution in [-0.4, -0.2) is 4.57 Å². The maximum Gasteiger partial charge on any atom is -1.00 e. The molecular weight excluding hydrogens is 419 g/mol. The molecule has 1 atom stereocenters. The number of fused-ring (bicyclic) bond motifs is 2. The fraction of sp³-hybridized carbons (Fsp3) is 0.130. The average Bonchev–Trinajstić information content (AvgIpc) is 3.33. The summed E-state index contributed by atoms with van der Waals surface area (Å²) in [7, 11) is 0. The zero-order valence-electron chi connectivity index (χ0n) is 15.0. The van der Waals surface area contributed by atoms with Gasteiger partial charge in [-0.3, -0.25) is 0 Å². The summed E-state index contributed by atoms with van der Waals surface area (Å²) in [5.74, 6) is 0. The van der Waals surface area contributed by atoms with Crippen molar-refractivity contribution in [1.29, 1.82) is 0 Å². The molecular formula is C23H19F2NZr. The minimum Gasteiger partial charge on any atom is -1.00 e. The van der Waals surface area contributed by atoms with Gasteiger partial charge in [0.15, 0.2) is 0 Å². The van der Waals surface area contributed by atoms with Crippen LogP contribution in [0, 0.1) is 6.92 Å². The summed E-state index contributed by atoms with van der Waals surface area (Å²) >= 11 is -0.720. The first-order valence-corrected chi connectivity index (χ1v) is 11.5. The van der Waals surface area contributed by atoms with Gasteiger partial charge in [0, 0.05) is 0 Å². The Kier molecular flexibility index (Phi) is 5.76. The first-order valence-electron chi connectivity index (χ1n) is 8.81. The van der Waals surface area contributed by atoms with Gasteiger partial charge >= 0.3 is 160 Å². The SMILES string of the molecule is Cc1cc2ccccc2n1C1=Cc2ccccc2[CH]1[Zr+2][C]1=CC=CC1.[F-].[F-]. The number of aromatic nitrogens is 1. The maximum atomic E-state index is 2.50. The summed E-state index contributed by atoms with van der Waals surface area (Å²) in [5, 5.41) is 1.34. The predicted molar refractivity (Wildman–Crippen MR) is 102 cm³/mol. The molecule has 2 aliphatic rings. The third-order valence-electron chi connectivity index (χ3n) is 5.16. The minimum absolute atomic E-state index is 0. The molecule has 1 unspecified atom stereocenters. The summed E-state index contributed by atoms with van der Waals surface area (Å²) in [4.78, 5) is 0. The number of halogens is 2. The van der Waals surface area contributed by atoms with E-state index in [1.807, 2.05) is 0 Å². The van der Waals surface area contributed by atoms with Crippen molar-refractivity contribution in [2.45, 2.75) is 17.0 Å². The number of allylic oxidation sites excluding steroid dienone is 5. The Balaban J connectivity index is 0.00000105. The van der Waals surface area contributed by atoms with Crippen LogP contribution in [-0.2, 0) is 23.2 Å². The van der Waals surface area contributed by atoms with Crippen molar-refractivity contribution < 1.29 is 32.6 Å². The summed E-state index contributed by atoms with van der Waals surface area (Å²) in [6.45, 7) is 2.24. The van der Waals surface area contributed by atoms with Crippen molar-refractivity contribution in [3.63, 3.8) is 0 Å². The third-order valence-corrected chi connectivity index (χ3v) is 9.18. The van der Waals surface area contributed by atoms with Gasteiger partial charge < -0.3 is 9.41 Å². The molecule has 1 nitrogen and oxygen atoms in total. The second-order valence-corrected chi connectivity index (χ2v) is 10.5. The number of rotatable bonds is 3. The maximum absolute atomic E-state index is 2.50. The van der Waals surface area contributed by atoms with Crippen molar-refractivity contribution >= 4 is 22.7 Å². The van der Waals surface area contributed by atoms with Gasteiger partial charge in [0.2, 0.25) is 0 Å². The zero-order valence-corrected chi connectivity index (χ0v) is 17.5. The van der Waals surface area contributed by atoms with Crippen molar-refractivity contribution in [2.75, 3.05) is 0 Å². The van der Waals surface area contributed by atoms with Gasteiger partial charge in [0.25, 0.3) is 0 Å². The van der Waals surface area contributed by atoms with E-state index in [1.54, 1.807) is 3.28 Å². The molecule has 0 spiro atoms. The summed E-state index contributed by atoms with van der Waals surface area (Å²) in [5.41, 5.74) is 7.10. The van der Waals surface area contributed by atoms with E-state index < -0.39 is 23.2 Å². The number of para-hydroxylation sites is 1. The largest absolute Gasteiger partial charge is 1.00 e. The smallest absolute Gasteiger partial charge is 1.00 e. The second-order valence-electron chi connectivity index (χ2n) is 6.78. The van der Waals surface area contributed by atoms with Gasteiger partial charge in [-0.1, -0.05) is 0 Å². The molecule has 0 saturated heterocycles. The molecule has 4 heteroatoms. The fourth-order valence-corrected chi connectivity index (χ4v) is 7.91. The zero-order chi connectivity index (χ0) is 16.8. The molecule has 0 fully saturated rings. The Labute approximate surface area is 169 Å². The molecule has 0 radical (unpaired) electrons. The van der Waals surface area contributed by atoms with Gasteiger partial charge in [0.05, 0.1) is 0 Å². The molecule has 0 N–H and O–H groups in total. The summed E-state index contributed by atoms with van der Waals surface area (Å²) < 4.78 is 4.80. The molecule has 1 heterocycles. The Morgan fingerprint density at radius 1 is 1.00 bits per heavy atom. The minimum atomic E-state index is -0.720. The molecule has 0 saturated carbocycles. The van der Waals surface area contributed by atoms with Crippen LogP contribution in [0.15, 0.2) is 76.1 Å². The van der Waals surface area contributed by atoms with E-state index in [-0.39, 0.29) is 9.41 Å². The number of hydrogen-bond donors (Lipinski definition) is 0.